The largest absolute Gasteiger partial charge is 0.760 e. The molecule has 19 heavy (non-hydrogen) atoms. The summed E-state index contributed by atoms with van der Waals surface area (Å²) in [5.74, 6) is 0. The maximum atomic E-state index is 9.62. The van der Waals surface area contributed by atoms with Crippen molar-refractivity contribution in [1.29, 1.82) is 0 Å². The highest BCUT2D eigenvalue weighted by Gasteiger charge is 2.15. The lowest BCUT2D eigenvalue weighted by Crippen LogP contribution is -2.13. The van der Waals surface area contributed by atoms with Crippen LogP contribution in [0.3, 0.4) is 0 Å². The second kappa shape index (κ2) is 6.10. The molecule has 100 valence electrons. The van der Waals surface area contributed by atoms with Gasteiger partial charge in [-0.25, -0.2) is 4.31 Å². The summed E-state index contributed by atoms with van der Waals surface area (Å²) in [6, 6.07) is 17.3. The highest BCUT2D eigenvalue weighted by Crippen LogP contribution is 2.35. The third-order valence-electron chi connectivity index (χ3n) is 3.00. The Hall–Kier alpha value is -1.49. The van der Waals surface area contributed by atoms with E-state index in [0.717, 1.165) is 10.7 Å². The van der Waals surface area contributed by atoms with Crippen molar-refractivity contribution in [3.8, 4) is 11.1 Å². The lowest BCUT2D eigenvalue weighted by Gasteiger charge is -2.10. The van der Waals surface area contributed by atoms with Gasteiger partial charge in [0.25, 0.3) is 0 Å². The molecular weight excluding hydrogens is 258 g/mol. The van der Waals surface area contributed by atoms with Crippen LogP contribution >= 0.6 is 0 Å². The first kappa shape index (κ1) is 13.9. The predicted octanol–water partition coefficient (Wildman–Crippen LogP) is 2.60. The van der Waals surface area contributed by atoms with E-state index in [9.17, 15) is 8.76 Å². The molecule has 0 saturated carbocycles. The van der Waals surface area contributed by atoms with Gasteiger partial charge in [-0.3, -0.25) is 4.21 Å². The van der Waals surface area contributed by atoms with Crippen molar-refractivity contribution in [2.24, 2.45) is 0 Å². The molecule has 1 aliphatic carbocycles. The molecule has 1 aliphatic rings. The number of hydrogen-bond acceptors (Lipinski definition) is 2. The summed E-state index contributed by atoms with van der Waals surface area (Å²) in [5.41, 5.74) is 5.75. The Kier molecular flexibility index (Phi) is 4.47. The van der Waals surface area contributed by atoms with E-state index in [1.165, 1.54) is 36.3 Å². The average molecular weight is 274 g/mol. The molecule has 0 amide bonds. The van der Waals surface area contributed by atoms with Crippen LogP contribution in [0.1, 0.15) is 11.1 Å². The maximum absolute atomic E-state index is 9.62. The topological polar surface area (TPSA) is 43.4 Å². The van der Waals surface area contributed by atoms with Gasteiger partial charge in [0.05, 0.1) is 0 Å². The zero-order valence-electron chi connectivity index (χ0n) is 11.0. The second-order valence-corrected chi connectivity index (χ2v) is 5.69. The summed E-state index contributed by atoms with van der Waals surface area (Å²) in [5, 5.41) is 0. The van der Waals surface area contributed by atoms with Gasteiger partial charge in [-0.15, -0.1) is 0 Å². The Morgan fingerprint density at radius 3 is 1.68 bits per heavy atom. The van der Waals surface area contributed by atoms with E-state index in [4.69, 9.17) is 0 Å². The van der Waals surface area contributed by atoms with E-state index >= 15 is 0 Å². The Morgan fingerprint density at radius 1 is 0.947 bits per heavy atom. The fourth-order valence-corrected chi connectivity index (χ4v) is 2.08. The summed E-state index contributed by atoms with van der Waals surface area (Å²) in [7, 11) is 2.92. The molecule has 1 unspecified atom stereocenters. The molecule has 0 aromatic heterocycles. The zero-order chi connectivity index (χ0) is 13.8. The molecule has 1 atom stereocenters. The molecule has 2 aromatic carbocycles. The summed E-state index contributed by atoms with van der Waals surface area (Å²) in [6.07, 6.45) is 1.10. The fourth-order valence-electron chi connectivity index (χ4n) is 2.08. The smallest absolute Gasteiger partial charge is 0.0203 e. The van der Waals surface area contributed by atoms with Crippen LogP contribution in [0, 0.1) is 0 Å². The van der Waals surface area contributed by atoms with Gasteiger partial charge in [-0.2, -0.15) is 0 Å². The quantitative estimate of drug-likeness (QED) is 0.640. The number of benzene rings is 2. The van der Waals surface area contributed by atoms with Crippen molar-refractivity contribution in [2.45, 2.75) is 6.42 Å². The Morgan fingerprint density at radius 2 is 1.32 bits per heavy atom. The van der Waals surface area contributed by atoms with Crippen molar-refractivity contribution in [3.63, 3.8) is 0 Å². The zero-order valence-corrected chi connectivity index (χ0v) is 11.8. The van der Waals surface area contributed by atoms with Gasteiger partial charge < -0.3 is 4.55 Å². The van der Waals surface area contributed by atoms with Crippen LogP contribution in [0.2, 0.25) is 0 Å². The molecule has 0 aliphatic heterocycles. The van der Waals surface area contributed by atoms with Crippen LogP contribution in [-0.4, -0.2) is 27.2 Å². The van der Waals surface area contributed by atoms with Gasteiger partial charge in [0.2, 0.25) is 0 Å². The summed E-state index contributed by atoms with van der Waals surface area (Å²) in [6.45, 7) is 0. The minimum atomic E-state index is -2.03. The molecule has 0 N–H and O–H groups in total. The minimum absolute atomic E-state index is 1.08. The minimum Gasteiger partial charge on any atom is -0.760 e. The molecule has 0 fully saturated rings. The molecule has 0 radical (unpaired) electrons. The van der Waals surface area contributed by atoms with Crippen LogP contribution in [0.25, 0.3) is 11.1 Å². The molecule has 0 bridgehead atoms. The highest BCUT2D eigenvalue weighted by molar-refractivity contribution is 7.76. The first-order valence-electron chi connectivity index (χ1n) is 6.02. The van der Waals surface area contributed by atoms with Gasteiger partial charge in [0, 0.05) is 11.3 Å². The normalized spacial score (nSPS) is 13.3. The number of hydrogen-bond donors (Lipinski definition) is 0. The fraction of sp³-hybridized carbons (Fsp3) is 0.200. The molecule has 4 heteroatoms. The maximum Gasteiger partial charge on any atom is 0.0203 e. The van der Waals surface area contributed by atoms with Crippen molar-refractivity contribution in [1.82, 2.24) is 4.31 Å². The van der Waals surface area contributed by atoms with E-state index in [1.54, 1.807) is 0 Å². The Labute approximate surface area is 116 Å². The van der Waals surface area contributed by atoms with Gasteiger partial charge in [0.15, 0.2) is 0 Å². The third kappa shape index (κ3) is 3.29. The average Bonchev–Trinajstić information content (AvgIpc) is 2.78. The second-order valence-electron chi connectivity index (χ2n) is 4.52. The van der Waals surface area contributed by atoms with Crippen molar-refractivity contribution >= 4 is 11.3 Å². The SMILES string of the molecule is CN(C)S(=O)[O-].c1ccc2c(c1)Cc1ccccc1-2. The van der Waals surface area contributed by atoms with Crippen LogP contribution in [0.4, 0.5) is 0 Å². The van der Waals surface area contributed by atoms with Crippen LogP contribution in [0.15, 0.2) is 48.5 Å². The van der Waals surface area contributed by atoms with E-state index in [0.29, 0.717) is 0 Å². The number of fused-ring (bicyclic) bond motifs is 3. The van der Waals surface area contributed by atoms with Gasteiger partial charge >= 0.3 is 0 Å². The summed E-state index contributed by atoms with van der Waals surface area (Å²) in [4.78, 5) is 0. The van der Waals surface area contributed by atoms with E-state index in [1.807, 2.05) is 0 Å². The van der Waals surface area contributed by atoms with Crippen molar-refractivity contribution in [2.75, 3.05) is 14.1 Å². The number of nitrogens with zero attached hydrogens (tertiary/aromatic N) is 1. The van der Waals surface area contributed by atoms with Crippen LogP contribution in [0.5, 0.6) is 0 Å². The molecular formula is C15H16NO2S-. The lowest BCUT2D eigenvalue weighted by molar-refractivity contribution is 0.470. The lowest BCUT2D eigenvalue weighted by atomic mass is 10.1. The van der Waals surface area contributed by atoms with Crippen LogP contribution < -0.4 is 0 Å². The first-order valence-corrected chi connectivity index (χ1v) is 7.05. The molecule has 0 heterocycles. The van der Waals surface area contributed by atoms with Gasteiger partial charge in [-0.05, 0) is 42.8 Å². The Balaban J connectivity index is 0.000000192. The Bertz CT molecular complexity index is 553. The predicted molar refractivity (Wildman–Crippen MR) is 77.3 cm³/mol. The molecule has 3 rings (SSSR count). The molecule has 3 nitrogen and oxygen atoms in total. The molecule has 2 aromatic rings. The highest BCUT2D eigenvalue weighted by atomic mass is 32.2. The van der Waals surface area contributed by atoms with E-state index in [-0.39, 0.29) is 0 Å². The monoisotopic (exact) mass is 274 g/mol. The van der Waals surface area contributed by atoms with Crippen molar-refractivity contribution < 1.29 is 8.76 Å². The molecule has 0 saturated heterocycles. The van der Waals surface area contributed by atoms with Crippen molar-refractivity contribution in [3.05, 3.63) is 59.7 Å². The van der Waals surface area contributed by atoms with Crippen LogP contribution in [-0.2, 0) is 17.7 Å². The molecule has 0 spiro atoms. The van der Waals surface area contributed by atoms with E-state index < -0.39 is 11.3 Å². The third-order valence-corrected chi connectivity index (χ3v) is 3.60. The first-order chi connectivity index (χ1) is 9.09. The van der Waals surface area contributed by atoms with Gasteiger partial charge in [-0.1, -0.05) is 48.5 Å². The summed E-state index contributed by atoms with van der Waals surface area (Å²) >= 11 is -2.03. The van der Waals surface area contributed by atoms with Gasteiger partial charge in [0.1, 0.15) is 0 Å². The standard InChI is InChI=1S/C13H10.C2H7NO2S/c1-3-7-12-10(5-1)9-11-6-2-4-8-13(11)12;1-3(2)6(4)5/h1-8H,9H2;1-2H3,(H,4,5)/p-1. The summed E-state index contributed by atoms with van der Waals surface area (Å²) < 4.78 is 20.3. The number of rotatable bonds is 1. The van der Waals surface area contributed by atoms with E-state index in [2.05, 4.69) is 48.5 Å².